The van der Waals surface area contributed by atoms with Crippen LogP contribution in [0.4, 0.5) is 4.79 Å². The highest BCUT2D eigenvalue weighted by Gasteiger charge is 2.27. The summed E-state index contributed by atoms with van der Waals surface area (Å²) in [6.45, 7) is 9.29. The van der Waals surface area contributed by atoms with E-state index in [1.54, 1.807) is 12.5 Å². The number of ether oxygens (including phenoxy) is 1. The monoisotopic (exact) mass is 308 g/mol. The molecule has 1 aromatic rings. The number of amides is 1. The standard InChI is InChI=1S/C17H28N2O3/c1-13(14-8-10-21-12-14)18-15-7-5-6-9-19(11-15)16(20)22-17(2,3)4/h8,10,12-13,15,18H,5-7,9,11H2,1-4H3. The molecule has 22 heavy (non-hydrogen) atoms. The molecule has 1 saturated heterocycles. The lowest BCUT2D eigenvalue weighted by atomic mass is 10.1. The van der Waals surface area contributed by atoms with Crippen LogP contribution in [0.25, 0.3) is 0 Å². The van der Waals surface area contributed by atoms with Crippen molar-refractivity contribution in [1.29, 1.82) is 0 Å². The Balaban J connectivity index is 1.93. The summed E-state index contributed by atoms with van der Waals surface area (Å²) in [5.41, 5.74) is 0.684. The van der Waals surface area contributed by atoms with Crippen LogP contribution in [0.2, 0.25) is 0 Å². The van der Waals surface area contributed by atoms with Crippen molar-refractivity contribution in [1.82, 2.24) is 10.2 Å². The lowest BCUT2D eigenvalue weighted by Gasteiger charge is -2.29. The van der Waals surface area contributed by atoms with Gasteiger partial charge in [-0.2, -0.15) is 0 Å². The van der Waals surface area contributed by atoms with Crippen molar-refractivity contribution >= 4 is 6.09 Å². The van der Waals surface area contributed by atoms with Gasteiger partial charge in [-0.15, -0.1) is 0 Å². The summed E-state index contributed by atoms with van der Waals surface area (Å²) < 4.78 is 10.6. The van der Waals surface area contributed by atoms with Crippen molar-refractivity contribution < 1.29 is 13.9 Å². The second-order valence-corrected chi connectivity index (χ2v) is 7.06. The van der Waals surface area contributed by atoms with Crippen molar-refractivity contribution in [3.05, 3.63) is 24.2 Å². The molecule has 5 nitrogen and oxygen atoms in total. The Kier molecular flexibility index (Phi) is 5.51. The van der Waals surface area contributed by atoms with E-state index in [2.05, 4.69) is 12.2 Å². The third-order valence-electron chi connectivity index (χ3n) is 3.85. The van der Waals surface area contributed by atoms with Gasteiger partial charge in [-0.3, -0.25) is 0 Å². The molecule has 2 atom stereocenters. The third-order valence-corrected chi connectivity index (χ3v) is 3.85. The third kappa shape index (κ3) is 5.05. The second kappa shape index (κ2) is 7.18. The molecule has 0 bridgehead atoms. The van der Waals surface area contributed by atoms with E-state index in [0.717, 1.165) is 31.4 Å². The maximum atomic E-state index is 12.3. The highest BCUT2D eigenvalue weighted by atomic mass is 16.6. The first-order chi connectivity index (χ1) is 10.3. The number of furan rings is 1. The predicted octanol–water partition coefficient (Wildman–Crippen LogP) is 3.72. The molecule has 1 aromatic heterocycles. The molecule has 0 spiro atoms. The Hall–Kier alpha value is -1.49. The second-order valence-electron chi connectivity index (χ2n) is 7.06. The Morgan fingerprint density at radius 1 is 1.45 bits per heavy atom. The molecule has 0 aliphatic carbocycles. The Bertz CT molecular complexity index is 465. The SMILES string of the molecule is CC(NC1CCCCN(C(=O)OC(C)(C)C)C1)c1ccoc1. The van der Waals surface area contributed by atoms with Crippen LogP contribution in [-0.4, -0.2) is 35.7 Å². The normalized spacial score (nSPS) is 21.3. The van der Waals surface area contributed by atoms with Gasteiger partial charge in [-0.25, -0.2) is 4.79 Å². The number of nitrogens with one attached hydrogen (secondary N) is 1. The molecule has 0 aromatic carbocycles. The zero-order valence-electron chi connectivity index (χ0n) is 14.1. The van der Waals surface area contributed by atoms with Crippen LogP contribution in [0.1, 0.15) is 58.6 Å². The van der Waals surface area contributed by atoms with Crippen LogP contribution < -0.4 is 5.32 Å². The fourth-order valence-corrected chi connectivity index (χ4v) is 2.74. The van der Waals surface area contributed by atoms with Crippen LogP contribution >= 0.6 is 0 Å². The van der Waals surface area contributed by atoms with Crippen LogP contribution in [0.15, 0.2) is 23.0 Å². The fourth-order valence-electron chi connectivity index (χ4n) is 2.74. The minimum Gasteiger partial charge on any atom is -0.472 e. The zero-order chi connectivity index (χ0) is 16.2. The van der Waals surface area contributed by atoms with Gasteiger partial charge in [0.25, 0.3) is 0 Å². The average molecular weight is 308 g/mol. The molecule has 1 aliphatic rings. The highest BCUT2D eigenvalue weighted by Crippen LogP contribution is 2.19. The van der Waals surface area contributed by atoms with Crippen LogP contribution in [0.5, 0.6) is 0 Å². The first-order valence-electron chi connectivity index (χ1n) is 8.11. The lowest BCUT2D eigenvalue weighted by molar-refractivity contribution is 0.0242. The molecule has 1 fully saturated rings. The number of hydrogen-bond donors (Lipinski definition) is 1. The lowest BCUT2D eigenvalue weighted by Crippen LogP contribution is -2.45. The topological polar surface area (TPSA) is 54.7 Å². The van der Waals surface area contributed by atoms with E-state index in [9.17, 15) is 4.79 Å². The van der Waals surface area contributed by atoms with Crippen LogP contribution in [-0.2, 0) is 4.74 Å². The maximum absolute atomic E-state index is 12.3. The average Bonchev–Trinajstić information content (AvgIpc) is 2.84. The van der Waals surface area contributed by atoms with Gasteiger partial charge in [0.15, 0.2) is 0 Å². The Labute approximate surface area is 133 Å². The first-order valence-corrected chi connectivity index (χ1v) is 8.11. The van der Waals surface area contributed by atoms with Crippen LogP contribution in [0.3, 0.4) is 0 Å². The number of carbonyl (C=O) groups is 1. The van der Waals surface area contributed by atoms with E-state index < -0.39 is 5.60 Å². The Morgan fingerprint density at radius 3 is 2.86 bits per heavy atom. The zero-order valence-corrected chi connectivity index (χ0v) is 14.1. The minimum atomic E-state index is -0.448. The molecule has 2 heterocycles. The van der Waals surface area contributed by atoms with E-state index in [1.165, 1.54) is 0 Å². The molecule has 1 amide bonds. The van der Waals surface area contributed by atoms with Crippen molar-refractivity contribution in [2.75, 3.05) is 13.1 Å². The molecule has 5 heteroatoms. The Morgan fingerprint density at radius 2 is 2.23 bits per heavy atom. The predicted molar refractivity (Wildman–Crippen MR) is 85.7 cm³/mol. The van der Waals surface area contributed by atoms with Gasteiger partial charge in [0.2, 0.25) is 0 Å². The van der Waals surface area contributed by atoms with E-state index in [1.807, 2.05) is 31.7 Å². The molecular weight excluding hydrogens is 280 g/mol. The van der Waals surface area contributed by atoms with Crippen molar-refractivity contribution in [3.63, 3.8) is 0 Å². The van der Waals surface area contributed by atoms with Gasteiger partial charge in [-0.05, 0) is 46.6 Å². The molecule has 124 valence electrons. The van der Waals surface area contributed by atoms with Crippen LogP contribution in [0, 0.1) is 0 Å². The van der Waals surface area contributed by atoms with E-state index in [-0.39, 0.29) is 18.2 Å². The van der Waals surface area contributed by atoms with E-state index in [4.69, 9.17) is 9.15 Å². The number of likely N-dealkylation sites (tertiary alicyclic amines) is 1. The van der Waals surface area contributed by atoms with Gasteiger partial charge < -0.3 is 19.4 Å². The summed E-state index contributed by atoms with van der Waals surface area (Å²) in [5, 5.41) is 3.60. The van der Waals surface area contributed by atoms with E-state index in [0.29, 0.717) is 6.54 Å². The summed E-state index contributed by atoms with van der Waals surface area (Å²) in [6.07, 6.45) is 6.46. The quantitative estimate of drug-likeness (QED) is 0.924. The van der Waals surface area contributed by atoms with Gasteiger partial charge in [0, 0.05) is 30.7 Å². The number of hydrogen-bond acceptors (Lipinski definition) is 4. The minimum absolute atomic E-state index is 0.210. The molecule has 0 saturated carbocycles. The molecule has 0 radical (unpaired) electrons. The molecule has 2 unspecified atom stereocenters. The molecule has 1 aliphatic heterocycles. The van der Waals surface area contributed by atoms with E-state index >= 15 is 0 Å². The summed E-state index contributed by atoms with van der Waals surface area (Å²) in [7, 11) is 0. The maximum Gasteiger partial charge on any atom is 0.410 e. The summed E-state index contributed by atoms with van der Waals surface area (Å²) in [6, 6.07) is 2.46. The smallest absolute Gasteiger partial charge is 0.410 e. The number of rotatable bonds is 3. The summed E-state index contributed by atoms with van der Waals surface area (Å²) in [4.78, 5) is 14.1. The van der Waals surface area contributed by atoms with Gasteiger partial charge in [0.1, 0.15) is 5.60 Å². The summed E-state index contributed by atoms with van der Waals surface area (Å²) in [5.74, 6) is 0. The highest BCUT2D eigenvalue weighted by molar-refractivity contribution is 5.68. The van der Waals surface area contributed by atoms with Gasteiger partial charge >= 0.3 is 6.09 Å². The summed E-state index contributed by atoms with van der Waals surface area (Å²) >= 11 is 0. The fraction of sp³-hybridized carbons (Fsp3) is 0.706. The first kappa shape index (κ1) is 16.9. The molecule has 1 N–H and O–H groups in total. The van der Waals surface area contributed by atoms with Gasteiger partial charge in [0.05, 0.1) is 12.5 Å². The van der Waals surface area contributed by atoms with Crippen molar-refractivity contribution in [3.8, 4) is 0 Å². The van der Waals surface area contributed by atoms with Crippen molar-refractivity contribution in [2.45, 2.75) is 64.6 Å². The van der Waals surface area contributed by atoms with Crippen molar-refractivity contribution in [2.24, 2.45) is 0 Å². The largest absolute Gasteiger partial charge is 0.472 e. The number of carbonyl (C=O) groups excluding carboxylic acids is 1. The molecule has 2 rings (SSSR count). The number of nitrogens with zero attached hydrogens (tertiary/aromatic N) is 1. The molecular formula is C17H28N2O3. The van der Waals surface area contributed by atoms with Gasteiger partial charge in [-0.1, -0.05) is 6.42 Å².